The Morgan fingerprint density at radius 3 is 2.92 bits per heavy atom. The molecule has 0 aliphatic carbocycles. The van der Waals surface area contributed by atoms with Gasteiger partial charge in [-0.05, 0) is 17.7 Å². The molecule has 0 bridgehead atoms. The maximum absolute atomic E-state index is 12.8. The first-order chi connectivity index (χ1) is 12.6. The van der Waals surface area contributed by atoms with Crippen LogP contribution in [0.1, 0.15) is 23.1 Å². The number of hydrogen-bond acceptors (Lipinski definition) is 4. The molecule has 26 heavy (non-hydrogen) atoms. The summed E-state index contributed by atoms with van der Waals surface area (Å²) in [6, 6.07) is 9.85. The van der Waals surface area contributed by atoms with Gasteiger partial charge in [-0.2, -0.15) is 5.10 Å². The number of carbonyl (C=O) groups is 1. The molecule has 7 heteroatoms. The van der Waals surface area contributed by atoms with Crippen molar-refractivity contribution in [3.63, 3.8) is 0 Å². The van der Waals surface area contributed by atoms with Crippen molar-refractivity contribution in [3.8, 4) is 0 Å². The molecule has 2 N–H and O–H groups in total. The quantitative estimate of drug-likeness (QED) is 0.732. The first kappa shape index (κ1) is 16.8. The molecular formula is C19H22N4O3. The first-order valence-corrected chi connectivity index (χ1v) is 8.73. The van der Waals surface area contributed by atoms with Crippen molar-refractivity contribution >= 4 is 16.8 Å². The van der Waals surface area contributed by atoms with E-state index in [0.29, 0.717) is 31.7 Å². The molecule has 1 unspecified atom stereocenters. The van der Waals surface area contributed by atoms with E-state index in [2.05, 4.69) is 11.2 Å². The Labute approximate surface area is 151 Å². The normalized spacial score (nSPS) is 15.3. The number of fused-ring (bicyclic) bond motifs is 2. The van der Waals surface area contributed by atoms with Crippen molar-refractivity contribution < 1.29 is 15.0 Å². The Balaban J connectivity index is 1.51. The van der Waals surface area contributed by atoms with Gasteiger partial charge in [0.05, 0.1) is 37.5 Å². The lowest BCUT2D eigenvalue weighted by molar-refractivity contribution is -0.131. The Hall–Kier alpha value is -2.64. The summed E-state index contributed by atoms with van der Waals surface area (Å²) in [5, 5.41) is 24.2. The van der Waals surface area contributed by atoms with Gasteiger partial charge in [0, 0.05) is 30.7 Å². The van der Waals surface area contributed by atoms with Crippen LogP contribution in [0.4, 0.5) is 0 Å². The van der Waals surface area contributed by atoms with E-state index in [4.69, 9.17) is 5.11 Å². The fraction of sp³-hybridized carbons (Fsp3) is 0.368. The number of rotatable bonds is 4. The highest BCUT2D eigenvalue weighted by Crippen LogP contribution is 2.23. The SMILES string of the molecule is Cn1cc(CC(=O)N2CCn3nc(C(O)CO)cc3C2)c2ccccc21. The number of carbonyl (C=O) groups excluding carboxylic acids is 1. The van der Waals surface area contributed by atoms with Gasteiger partial charge in [-0.25, -0.2) is 0 Å². The number of amides is 1. The summed E-state index contributed by atoms with van der Waals surface area (Å²) in [4.78, 5) is 14.7. The highest BCUT2D eigenvalue weighted by Gasteiger charge is 2.24. The summed E-state index contributed by atoms with van der Waals surface area (Å²) in [5.41, 5.74) is 3.48. The molecule has 0 radical (unpaired) electrons. The zero-order chi connectivity index (χ0) is 18.3. The van der Waals surface area contributed by atoms with Crippen LogP contribution in [-0.4, -0.2) is 48.5 Å². The zero-order valence-corrected chi connectivity index (χ0v) is 14.7. The molecule has 1 aromatic carbocycles. The summed E-state index contributed by atoms with van der Waals surface area (Å²) < 4.78 is 3.85. The third-order valence-electron chi connectivity index (χ3n) is 5.00. The molecule has 1 aliphatic rings. The van der Waals surface area contributed by atoms with Gasteiger partial charge in [0.15, 0.2) is 0 Å². The second-order valence-corrected chi connectivity index (χ2v) is 6.76. The van der Waals surface area contributed by atoms with Crippen LogP contribution in [-0.2, 0) is 31.4 Å². The highest BCUT2D eigenvalue weighted by atomic mass is 16.3. The van der Waals surface area contributed by atoms with Gasteiger partial charge in [0.25, 0.3) is 0 Å². The van der Waals surface area contributed by atoms with E-state index in [1.807, 2.05) is 40.9 Å². The van der Waals surface area contributed by atoms with Crippen LogP contribution in [0.3, 0.4) is 0 Å². The molecule has 0 fully saturated rings. The van der Waals surface area contributed by atoms with Gasteiger partial charge in [0.1, 0.15) is 6.10 Å². The summed E-state index contributed by atoms with van der Waals surface area (Å²) >= 11 is 0. The van der Waals surface area contributed by atoms with Crippen LogP contribution in [0.5, 0.6) is 0 Å². The lowest BCUT2D eigenvalue weighted by Crippen LogP contribution is -2.39. The van der Waals surface area contributed by atoms with Crippen LogP contribution in [0, 0.1) is 0 Å². The number of nitrogens with zero attached hydrogens (tertiary/aromatic N) is 4. The van der Waals surface area contributed by atoms with Crippen molar-refractivity contribution in [2.45, 2.75) is 25.6 Å². The van der Waals surface area contributed by atoms with E-state index in [0.717, 1.165) is 22.2 Å². The van der Waals surface area contributed by atoms with E-state index in [1.165, 1.54) is 0 Å². The number of aliphatic hydroxyl groups is 2. The second kappa shape index (κ2) is 6.59. The third kappa shape index (κ3) is 2.89. The predicted octanol–water partition coefficient (Wildman–Crippen LogP) is 0.985. The molecule has 2 aromatic heterocycles. The van der Waals surface area contributed by atoms with Gasteiger partial charge in [0.2, 0.25) is 5.91 Å². The van der Waals surface area contributed by atoms with Gasteiger partial charge in [-0.1, -0.05) is 18.2 Å². The number of hydrogen-bond donors (Lipinski definition) is 2. The monoisotopic (exact) mass is 354 g/mol. The minimum Gasteiger partial charge on any atom is -0.393 e. The van der Waals surface area contributed by atoms with E-state index in [9.17, 15) is 9.90 Å². The van der Waals surface area contributed by atoms with E-state index in [-0.39, 0.29) is 12.5 Å². The van der Waals surface area contributed by atoms with Crippen LogP contribution in [0.2, 0.25) is 0 Å². The molecule has 1 atom stereocenters. The molecule has 7 nitrogen and oxygen atoms in total. The van der Waals surface area contributed by atoms with Crippen molar-refractivity contribution in [2.24, 2.45) is 7.05 Å². The minimum absolute atomic E-state index is 0.0815. The number of aliphatic hydroxyl groups excluding tert-OH is 2. The highest BCUT2D eigenvalue weighted by molar-refractivity contribution is 5.89. The molecule has 136 valence electrons. The van der Waals surface area contributed by atoms with Crippen molar-refractivity contribution in [1.29, 1.82) is 0 Å². The smallest absolute Gasteiger partial charge is 0.227 e. The van der Waals surface area contributed by atoms with Crippen LogP contribution >= 0.6 is 0 Å². The average molecular weight is 354 g/mol. The van der Waals surface area contributed by atoms with Crippen molar-refractivity contribution in [1.82, 2.24) is 19.2 Å². The topological polar surface area (TPSA) is 83.5 Å². The zero-order valence-electron chi connectivity index (χ0n) is 14.7. The van der Waals surface area contributed by atoms with E-state index >= 15 is 0 Å². The molecule has 0 saturated carbocycles. The fourth-order valence-electron chi connectivity index (χ4n) is 3.60. The van der Waals surface area contributed by atoms with Crippen LogP contribution in [0.25, 0.3) is 10.9 Å². The summed E-state index contributed by atoms with van der Waals surface area (Å²) in [5.74, 6) is 0.0815. The van der Waals surface area contributed by atoms with Crippen LogP contribution < -0.4 is 0 Å². The maximum Gasteiger partial charge on any atom is 0.227 e. The van der Waals surface area contributed by atoms with E-state index in [1.54, 1.807) is 10.7 Å². The molecule has 3 heterocycles. The van der Waals surface area contributed by atoms with Gasteiger partial charge >= 0.3 is 0 Å². The van der Waals surface area contributed by atoms with Crippen molar-refractivity contribution in [2.75, 3.05) is 13.2 Å². The Bertz CT molecular complexity index is 959. The van der Waals surface area contributed by atoms with Crippen molar-refractivity contribution in [3.05, 3.63) is 53.5 Å². The molecule has 1 amide bonds. The number of benzene rings is 1. The molecule has 4 rings (SSSR count). The third-order valence-corrected chi connectivity index (χ3v) is 5.00. The molecule has 0 spiro atoms. The van der Waals surface area contributed by atoms with Gasteiger partial charge < -0.3 is 19.7 Å². The standard InChI is InChI=1S/C19H22N4O3/c1-21-10-13(15-4-2-3-5-17(15)21)8-19(26)22-6-7-23-14(11-22)9-16(20-23)18(25)12-24/h2-5,9-10,18,24-25H,6-8,11-12H2,1H3. The Kier molecular flexibility index (Phi) is 4.26. The molecule has 3 aromatic rings. The lowest BCUT2D eigenvalue weighted by atomic mass is 10.1. The van der Waals surface area contributed by atoms with E-state index < -0.39 is 6.10 Å². The largest absolute Gasteiger partial charge is 0.393 e. The lowest BCUT2D eigenvalue weighted by Gasteiger charge is -2.27. The molecule has 0 saturated heterocycles. The number of para-hydroxylation sites is 1. The average Bonchev–Trinajstić information content (AvgIpc) is 3.22. The molecule has 1 aliphatic heterocycles. The van der Waals surface area contributed by atoms with Gasteiger partial charge in [-0.3, -0.25) is 9.48 Å². The fourth-order valence-corrected chi connectivity index (χ4v) is 3.60. The van der Waals surface area contributed by atoms with Crippen LogP contribution in [0.15, 0.2) is 36.5 Å². The summed E-state index contributed by atoms with van der Waals surface area (Å²) in [6.07, 6.45) is 1.40. The Morgan fingerprint density at radius 1 is 1.31 bits per heavy atom. The number of aromatic nitrogens is 3. The van der Waals surface area contributed by atoms with Gasteiger partial charge in [-0.15, -0.1) is 0 Å². The molecular weight excluding hydrogens is 332 g/mol. The maximum atomic E-state index is 12.8. The summed E-state index contributed by atoms with van der Waals surface area (Å²) in [7, 11) is 1.99. The summed E-state index contributed by atoms with van der Waals surface area (Å²) in [6.45, 7) is 1.29. The first-order valence-electron chi connectivity index (χ1n) is 8.73. The number of aryl methyl sites for hydroxylation is 1. The second-order valence-electron chi connectivity index (χ2n) is 6.76. The minimum atomic E-state index is -0.979. The Morgan fingerprint density at radius 2 is 2.12 bits per heavy atom. The predicted molar refractivity (Wildman–Crippen MR) is 96.3 cm³/mol.